The Hall–Kier alpha value is -3.14. The zero-order valence-corrected chi connectivity index (χ0v) is 14.8. The first kappa shape index (κ1) is 17.7. The molecule has 0 aliphatic carbocycles. The predicted molar refractivity (Wildman–Crippen MR) is 96.3 cm³/mol. The van der Waals surface area contributed by atoms with Gasteiger partial charge in [-0.1, -0.05) is 23.9 Å². The number of aromatic nitrogens is 4. The average molecular weight is 373 g/mol. The molecule has 0 atom stereocenters. The first-order chi connectivity index (χ1) is 12.5. The highest BCUT2D eigenvalue weighted by atomic mass is 32.2. The fourth-order valence-corrected chi connectivity index (χ4v) is 3.36. The summed E-state index contributed by atoms with van der Waals surface area (Å²) in [6, 6.07) is 6.16. The van der Waals surface area contributed by atoms with Crippen LogP contribution < -0.4 is 9.74 Å². The molecule has 0 radical (unpaired) electrons. The molecule has 2 aromatic heterocycles. The van der Waals surface area contributed by atoms with Crippen molar-refractivity contribution in [3.8, 4) is 0 Å². The molecular weight excluding hydrogens is 358 g/mol. The van der Waals surface area contributed by atoms with Crippen molar-refractivity contribution in [2.45, 2.75) is 5.75 Å². The normalized spacial score (nSPS) is 10.8. The number of benzene rings is 1. The van der Waals surface area contributed by atoms with E-state index in [1.54, 1.807) is 29.9 Å². The minimum Gasteiger partial charge on any atom is -0.805 e. The number of hydrogen-bond donors (Lipinski definition) is 1. The Kier molecular flexibility index (Phi) is 4.76. The Balaban J connectivity index is 2.08. The van der Waals surface area contributed by atoms with Crippen LogP contribution in [-0.2, 0) is 12.8 Å². The second-order valence-corrected chi connectivity index (χ2v) is 6.34. The quantitative estimate of drug-likeness (QED) is 0.684. The molecule has 2 heterocycles. The van der Waals surface area contributed by atoms with Crippen LogP contribution in [0.5, 0.6) is 0 Å². The standard InChI is InChI=1S/C16H15N5O4S/c1-17-15(22)13-12(9-26-16(23)14-18-7-8-19(14)2)20(24)10-5-3-4-6-11(10)21(13)25/h3-8H,9H2,1-2H3,(H,17,22). The van der Waals surface area contributed by atoms with Crippen molar-refractivity contribution in [2.75, 3.05) is 7.05 Å². The van der Waals surface area contributed by atoms with Gasteiger partial charge in [0.2, 0.25) is 0 Å². The summed E-state index contributed by atoms with van der Waals surface area (Å²) in [7, 11) is 3.04. The van der Waals surface area contributed by atoms with Crippen molar-refractivity contribution in [3.63, 3.8) is 0 Å². The van der Waals surface area contributed by atoms with Crippen LogP contribution in [0.15, 0.2) is 36.7 Å². The molecule has 1 amide bonds. The Morgan fingerprint density at radius 2 is 2.08 bits per heavy atom. The third-order valence-electron chi connectivity index (χ3n) is 3.83. The van der Waals surface area contributed by atoms with E-state index in [0.717, 1.165) is 11.8 Å². The van der Waals surface area contributed by atoms with Gasteiger partial charge in [0.1, 0.15) is 11.2 Å². The molecule has 0 spiro atoms. The molecule has 0 fully saturated rings. The Bertz CT molecular complexity index is 1070. The number of imidazole rings is 1. The molecule has 0 saturated heterocycles. The molecule has 10 heteroatoms. The number of thioether (sulfide) groups is 1. The van der Waals surface area contributed by atoms with Gasteiger partial charge in [-0.2, -0.15) is 0 Å². The molecule has 0 saturated carbocycles. The smallest absolute Gasteiger partial charge is 0.347 e. The first-order valence-electron chi connectivity index (χ1n) is 7.59. The van der Waals surface area contributed by atoms with E-state index in [0.29, 0.717) is 9.16 Å². The van der Waals surface area contributed by atoms with Crippen LogP contribution in [-0.4, -0.2) is 32.4 Å². The molecule has 3 aromatic rings. The highest BCUT2D eigenvalue weighted by Gasteiger charge is 2.29. The Morgan fingerprint density at radius 3 is 2.73 bits per heavy atom. The van der Waals surface area contributed by atoms with Gasteiger partial charge >= 0.3 is 11.6 Å². The van der Waals surface area contributed by atoms with Crippen molar-refractivity contribution in [2.24, 2.45) is 7.05 Å². The number of hydrogen-bond acceptors (Lipinski definition) is 6. The zero-order valence-electron chi connectivity index (χ0n) is 14.0. The number of para-hydroxylation sites is 2. The highest BCUT2D eigenvalue weighted by Crippen LogP contribution is 2.21. The van der Waals surface area contributed by atoms with E-state index in [2.05, 4.69) is 10.3 Å². The van der Waals surface area contributed by atoms with E-state index in [9.17, 15) is 19.7 Å². The van der Waals surface area contributed by atoms with E-state index in [4.69, 9.17) is 0 Å². The van der Waals surface area contributed by atoms with E-state index in [-0.39, 0.29) is 39.1 Å². The second-order valence-electron chi connectivity index (χ2n) is 5.39. The molecule has 9 nitrogen and oxygen atoms in total. The van der Waals surface area contributed by atoms with Crippen molar-refractivity contribution >= 4 is 33.8 Å². The molecule has 0 unspecified atom stereocenters. The van der Waals surface area contributed by atoms with Crippen molar-refractivity contribution in [1.29, 1.82) is 0 Å². The van der Waals surface area contributed by atoms with Gasteiger partial charge in [-0.05, 0) is 6.07 Å². The monoisotopic (exact) mass is 373 g/mol. The summed E-state index contributed by atoms with van der Waals surface area (Å²) < 4.78 is 2.49. The van der Waals surface area contributed by atoms with Crippen molar-refractivity contribution < 1.29 is 14.0 Å². The maximum absolute atomic E-state index is 12.7. The van der Waals surface area contributed by atoms with Crippen molar-refractivity contribution in [3.05, 3.63) is 64.0 Å². The lowest BCUT2D eigenvalue weighted by molar-refractivity contribution is -0.468. The fourth-order valence-electron chi connectivity index (χ4n) is 2.52. The summed E-state index contributed by atoms with van der Waals surface area (Å²) in [5.41, 5.74) is -0.229. The first-order valence-corrected chi connectivity index (χ1v) is 8.57. The minimum absolute atomic E-state index is 0.0743. The van der Waals surface area contributed by atoms with Crippen LogP contribution in [0.1, 0.15) is 26.8 Å². The molecule has 26 heavy (non-hydrogen) atoms. The number of rotatable bonds is 4. The van der Waals surface area contributed by atoms with Gasteiger partial charge in [0.25, 0.3) is 10.6 Å². The van der Waals surface area contributed by atoms with Gasteiger partial charge < -0.3 is 19.8 Å². The number of carbonyl (C=O) groups is 2. The van der Waals surface area contributed by atoms with Gasteiger partial charge in [-0.3, -0.25) is 9.59 Å². The summed E-state index contributed by atoms with van der Waals surface area (Å²) in [6.45, 7) is 0. The lowest BCUT2D eigenvalue weighted by Crippen LogP contribution is -2.36. The third-order valence-corrected chi connectivity index (χ3v) is 4.69. The molecular formula is C16H15N5O4S. The molecule has 1 aromatic carbocycles. The van der Waals surface area contributed by atoms with E-state index >= 15 is 0 Å². The summed E-state index contributed by atoms with van der Waals surface area (Å²) in [6.07, 6.45) is 3.11. The molecule has 0 aliphatic rings. The minimum atomic E-state index is -0.699. The van der Waals surface area contributed by atoms with Crippen LogP contribution in [0.3, 0.4) is 0 Å². The topological polar surface area (TPSA) is 115 Å². The average Bonchev–Trinajstić information content (AvgIpc) is 3.08. The lowest BCUT2D eigenvalue weighted by Gasteiger charge is -2.18. The molecule has 134 valence electrons. The van der Waals surface area contributed by atoms with E-state index < -0.39 is 5.91 Å². The van der Waals surface area contributed by atoms with E-state index in [1.807, 2.05) is 0 Å². The molecule has 3 rings (SSSR count). The summed E-state index contributed by atoms with van der Waals surface area (Å²) in [4.78, 5) is 41.1. The Morgan fingerprint density at radius 1 is 1.35 bits per heavy atom. The highest BCUT2D eigenvalue weighted by molar-refractivity contribution is 8.13. The SMILES string of the molecule is CNC(=O)c1c(CSC(=O)c2nccn2C)n([O-])c2ccccc2[n+]1=O. The fraction of sp³-hybridized carbons (Fsp3) is 0.188. The number of amides is 1. The number of nitrogens with one attached hydrogen (secondary N) is 1. The van der Waals surface area contributed by atoms with Crippen molar-refractivity contribution in [1.82, 2.24) is 19.6 Å². The maximum Gasteiger partial charge on any atom is 0.347 e. The van der Waals surface area contributed by atoms with Crippen LogP contribution in [0, 0.1) is 10.1 Å². The molecule has 0 aliphatic heterocycles. The molecule has 0 bridgehead atoms. The number of carbonyl (C=O) groups excluding carboxylic acids is 2. The Labute approximate surface area is 151 Å². The summed E-state index contributed by atoms with van der Waals surface area (Å²) in [5, 5.41) is 14.7. The van der Waals surface area contributed by atoms with Gasteiger partial charge in [-0.15, -0.1) is 0 Å². The summed E-state index contributed by atoms with van der Waals surface area (Å²) >= 11 is 0.800. The largest absolute Gasteiger partial charge is 0.805 e. The summed E-state index contributed by atoms with van der Waals surface area (Å²) in [5.74, 6) is -0.634. The van der Waals surface area contributed by atoms with Crippen LogP contribution >= 0.6 is 11.8 Å². The van der Waals surface area contributed by atoms with Gasteiger partial charge in [0.15, 0.2) is 5.82 Å². The number of nitrogens with zero attached hydrogens (tertiary/aromatic N) is 4. The van der Waals surface area contributed by atoms with Crippen LogP contribution in [0.2, 0.25) is 0 Å². The van der Waals surface area contributed by atoms with E-state index in [1.165, 1.54) is 25.4 Å². The second kappa shape index (κ2) is 7.00. The van der Waals surface area contributed by atoms with Crippen LogP contribution in [0.25, 0.3) is 11.0 Å². The lowest BCUT2D eigenvalue weighted by atomic mass is 10.2. The number of fused-ring (bicyclic) bond motifs is 1. The molecule has 1 N–H and O–H groups in total. The van der Waals surface area contributed by atoms with Crippen LogP contribution in [0.4, 0.5) is 0 Å². The zero-order chi connectivity index (χ0) is 18.8. The van der Waals surface area contributed by atoms with Gasteiger partial charge in [-0.25, -0.2) is 4.98 Å². The van der Waals surface area contributed by atoms with Gasteiger partial charge in [0.05, 0.1) is 4.43 Å². The van der Waals surface area contributed by atoms with Gasteiger partial charge in [0, 0.05) is 43.2 Å². The number of aryl methyl sites for hydroxylation is 1. The third kappa shape index (κ3) is 2.94. The maximum atomic E-state index is 12.7. The predicted octanol–water partition coefficient (Wildman–Crippen LogP) is 1.07.